The van der Waals surface area contributed by atoms with Gasteiger partial charge in [-0.15, -0.1) is 0 Å². The number of alkyl halides is 3. The first kappa shape index (κ1) is 21.5. The maximum atomic E-state index is 12.4. The van der Waals surface area contributed by atoms with Gasteiger partial charge in [-0.2, -0.15) is 13.2 Å². The topological polar surface area (TPSA) is 77.0 Å². The quantitative estimate of drug-likeness (QED) is 0.778. The fourth-order valence-corrected chi connectivity index (χ4v) is 2.95. The third-order valence-corrected chi connectivity index (χ3v) is 4.87. The molecule has 1 saturated heterocycles. The van der Waals surface area contributed by atoms with Crippen LogP contribution in [0.25, 0.3) is 0 Å². The van der Waals surface area contributed by atoms with E-state index < -0.39 is 36.4 Å². The Bertz CT molecular complexity index is 622. The lowest BCUT2D eigenvalue weighted by Gasteiger charge is -2.43. The number of rotatable bonds is 6. The van der Waals surface area contributed by atoms with Crippen LogP contribution in [0.2, 0.25) is 0 Å². The molecule has 3 unspecified atom stereocenters. The van der Waals surface area contributed by atoms with Crippen LogP contribution < -0.4 is 10.1 Å². The van der Waals surface area contributed by atoms with Crippen molar-refractivity contribution in [2.45, 2.75) is 45.1 Å². The predicted molar refractivity (Wildman–Crippen MR) is 89.8 cm³/mol. The van der Waals surface area contributed by atoms with Crippen molar-refractivity contribution in [3.63, 3.8) is 0 Å². The number of aliphatic hydroxyl groups excluding tert-OH is 1. The highest BCUT2D eigenvalue weighted by atomic mass is 19.4. The zero-order valence-corrected chi connectivity index (χ0v) is 15.3. The molecule has 1 amide bonds. The number of hydrogen-bond donors (Lipinski definition) is 2. The SMILES string of the molecule is COc1ccc(COCC2OC(O)C(NC(=O)C(F)(F)F)[C@@H](C)[C@H]2C)cc1. The molecule has 6 nitrogen and oxygen atoms in total. The molecule has 1 aromatic carbocycles. The molecule has 1 aliphatic rings. The Balaban J connectivity index is 1.88. The van der Waals surface area contributed by atoms with Gasteiger partial charge in [0.25, 0.3) is 0 Å². The fourth-order valence-electron chi connectivity index (χ4n) is 2.95. The van der Waals surface area contributed by atoms with Crippen LogP contribution >= 0.6 is 0 Å². The highest BCUT2D eigenvalue weighted by Crippen LogP contribution is 2.31. The summed E-state index contributed by atoms with van der Waals surface area (Å²) in [5.41, 5.74) is 0.920. The van der Waals surface area contributed by atoms with E-state index in [1.54, 1.807) is 33.1 Å². The van der Waals surface area contributed by atoms with Crippen LogP contribution in [0.15, 0.2) is 24.3 Å². The Morgan fingerprint density at radius 2 is 1.85 bits per heavy atom. The first-order valence-electron chi connectivity index (χ1n) is 8.55. The van der Waals surface area contributed by atoms with E-state index in [1.807, 2.05) is 17.4 Å². The molecule has 2 rings (SSSR count). The van der Waals surface area contributed by atoms with Crippen molar-refractivity contribution in [2.75, 3.05) is 13.7 Å². The van der Waals surface area contributed by atoms with Crippen LogP contribution in [-0.4, -0.2) is 49.3 Å². The molecule has 0 saturated carbocycles. The first-order chi connectivity index (χ1) is 12.6. The van der Waals surface area contributed by atoms with Crippen molar-refractivity contribution in [1.82, 2.24) is 5.32 Å². The molecule has 0 radical (unpaired) electrons. The second kappa shape index (κ2) is 8.90. The largest absolute Gasteiger partial charge is 0.497 e. The minimum absolute atomic E-state index is 0.161. The number of benzene rings is 1. The van der Waals surface area contributed by atoms with Gasteiger partial charge in [-0.3, -0.25) is 4.79 Å². The number of halogens is 3. The maximum absolute atomic E-state index is 12.4. The summed E-state index contributed by atoms with van der Waals surface area (Å²) in [5, 5.41) is 11.9. The normalized spacial score (nSPS) is 28.6. The standard InChI is InChI=1S/C18H24F3NO5/c1-10-11(2)15(22-17(24)18(19,20)21)16(23)27-14(10)9-26-8-12-4-6-13(25-3)7-5-12/h4-7,10-11,14-16,23H,8-9H2,1-3H3,(H,22,24)/t10-,11+,14?,15?,16?/m1/s1. The molecule has 27 heavy (non-hydrogen) atoms. The molecule has 152 valence electrons. The van der Waals surface area contributed by atoms with E-state index >= 15 is 0 Å². The number of ether oxygens (including phenoxy) is 3. The molecule has 1 aromatic rings. The van der Waals surface area contributed by atoms with Gasteiger partial charge in [-0.05, 0) is 29.5 Å². The lowest BCUT2D eigenvalue weighted by molar-refractivity contribution is -0.228. The minimum atomic E-state index is -5.01. The first-order valence-corrected chi connectivity index (χ1v) is 8.55. The molecular formula is C18H24F3NO5. The van der Waals surface area contributed by atoms with E-state index in [0.29, 0.717) is 6.61 Å². The minimum Gasteiger partial charge on any atom is -0.497 e. The molecule has 1 fully saturated rings. The van der Waals surface area contributed by atoms with E-state index in [-0.39, 0.29) is 12.5 Å². The average molecular weight is 391 g/mol. The Morgan fingerprint density at radius 3 is 2.41 bits per heavy atom. The Morgan fingerprint density at radius 1 is 1.22 bits per heavy atom. The third kappa shape index (κ3) is 5.57. The second-order valence-corrected chi connectivity index (χ2v) is 6.64. The molecule has 1 aliphatic heterocycles. The fraction of sp³-hybridized carbons (Fsp3) is 0.611. The number of carbonyl (C=O) groups excluding carboxylic acids is 1. The number of hydrogen-bond acceptors (Lipinski definition) is 5. The third-order valence-electron chi connectivity index (χ3n) is 4.87. The van der Waals surface area contributed by atoms with Crippen LogP contribution in [0.3, 0.4) is 0 Å². The van der Waals surface area contributed by atoms with E-state index in [2.05, 4.69) is 0 Å². The molecule has 2 N–H and O–H groups in total. The summed E-state index contributed by atoms with van der Waals surface area (Å²) in [7, 11) is 1.57. The number of methoxy groups -OCH3 is 1. The molecule has 5 atom stereocenters. The highest BCUT2D eigenvalue weighted by molar-refractivity contribution is 5.82. The molecule has 0 aromatic heterocycles. The second-order valence-electron chi connectivity index (χ2n) is 6.64. The summed E-state index contributed by atoms with van der Waals surface area (Å²) in [6.07, 6.45) is -7.06. The smallest absolute Gasteiger partial charge is 0.471 e. The predicted octanol–water partition coefficient (Wildman–Crippen LogP) is 2.25. The van der Waals surface area contributed by atoms with Crippen molar-refractivity contribution in [3.8, 4) is 5.75 Å². The molecule has 1 heterocycles. The summed E-state index contributed by atoms with van der Waals surface area (Å²) in [6.45, 7) is 3.92. The summed E-state index contributed by atoms with van der Waals surface area (Å²) >= 11 is 0. The number of carbonyl (C=O) groups is 1. The summed E-state index contributed by atoms with van der Waals surface area (Å²) < 4.78 is 53.4. The average Bonchev–Trinajstić information content (AvgIpc) is 2.62. The molecular weight excluding hydrogens is 367 g/mol. The number of amides is 1. The molecule has 0 aliphatic carbocycles. The van der Waals surface area contributed by atoms with Gasteiger partial charge in [0, 0.05) is 0 Å². The number of aliphatic hydroxyl groups is 1. The zero-order chi connectivity index (χ0) is 20.2. The van der Waals surface area contributed by atoms with E-state index in [9.17, 15) is 23.1 Å². The Hall–Kier alpha value is -1.84. The van der Waals surface area contributed by atoms with Crippen molar-refractivity contribution in [1.29, 1.82) is 0 Å². The van der Waals surface area contributed by atoms with Gasteiger partial charge in [0.1, 0.15) is 5.75 Å². The summed E-state index contributed by atoms with van der Waals surface area (Å²) in [6, 6.07) is 6.16. The maximum Gasteiger partial charge on any atom is 0.471 e. The summed E-state index contributed by atoms with van der Waals surface area (Å²) in [4.78, 5) is 11.2. The van der Waals surface area contributed by atoms with Gasteiger partial charge in [0.2, 0.25) is 0 Å². The van der Waals surface area contributed by atoms with Gasteiger partial charge in [0.05, 0.1) is 32.5 Å². The van der Waals surface area contributed by atoms with Gasteiger partial charge >= 0.3 is 12.1 Å². The van der Waals surface area contributed by atoms with Gasteiger partial charge < -0.3 is 24.6 Å². The van der Waals surface area contributed by atoms with Crippen LogP contribution in [0.4, 0.5) is 13.2 Å². The van der Waals surface area contributed by atoms with Gasteiger partial charge in [0.15, 0.2) is 6.29 Å². The molecule has 0 bridgehead atoms. The van der Waals surface area contributed by atoms with Crippen molar-refractivity contribution in [2.24, 2.45) is 11.8 Å². The Labute approximate surface area is 155 Å². The highest BCUT2D eigenvalue weighted by Gasteiger charge is 2.46. The monoisotopic (exact) mass is 391 g/mol. The summed E-state index contributed by atoms with van der Waals surface area (Å²) in [5.74, 6) is -2.03. The lowest BCUT2D eigenvalue weighted by atomic mass is 9.82. The molecule has 0 spiro atoms. The van der Waals surface area contributed by atoms with Crippen molar-refractivity contribution < 1.29 is 37.3 Å². The van der Waals surface area contributed by atoms with Crippen molar-refractivity contribution in [3.05, 3.63) is 29.8 Å². The van der Waals surface area contributed by atoms with Crippen molar-refractivity contribution >= 4 is 5.91 Å². The van der Waals surface area contributed by atoms with Gasteiger partial charge in [-0.25, -0.2) is 0 Å². The zero-order valence-electron chi connectivity index (χ0n) is 15.3. The number of nitrogens with one attached hydrogen (secondary N) is 1. The van der Waals surface area contributed by atoms with E-state index in [4.69, 9.17) is 14.2 Å². The Kier molecular flexibility index (Phi) is 7.07. The van der Waals surface area contributed by atoms with Gasteiger partial charge in [-0.1, -0.05) is 26.0 Å². The van der Waals surface area contributed by atoms with Crippen LogP contribution in [0.5, 0.6) is 5.75 Å². The van der Waals surface area contributed by atoms with Crippen LogP contribution in [0.1, 0.15) is 19.4 Å². The van der Waals surface area contributed by atoms with Crippen LogP contribution in [-0.2, 0) is 20.9 Å². The lowest BCUT2D eigenvalue weighted by Crippen LogP contribution is -2.59. The van der Waals surface area contributed by atoms with E-state index in [1.165, 1.54) is 0 Å². The van der Waals surface area contributed by atoms with E-state index in [0.717, 1.165) is 11.3 Å². The molecule has 9 heteroatoms. The van der Waals surface area contributed by atoms with Crippen LogP contribution in [0, 0.1) is 11.8 Å².